The van der Waals surface area contributed by atoms with Crippen molar-refractivity contribution in [1.29, 1.82) is 0 Å². The number of carbonyl (C=O) groups excluding carboxylic acids is 1. The standard InChI is InChI=1S/C22H21N3O4/c1-14(11-15-7-9-16(26)10-8-15)24(2)19(27)12-25-13-23-20-17-5-3-4-6-18(17)29-21(20)22(25)28/h3-10,13-14,26H,11-12H2,1-2H3/t14-/m0/s1. The number of phenols is 1. The van der Waals surface area contributed by atoms with E-state index < -0.39 is 0 Å². The van der Waals surface area contributed by atoms with Crippen molar-refractivity contribution >= 4 is 28.0 Å². The fourth-order valence-electron chi connectivity index (χ4n) is 3.34. The molecular formula is C22H21N3O4. The smallest absolute Gasteiger partial charge is 0.297 e. The summed E-state index contributed by atoms with van der Waals surface area (Å²) in [7, 11) is 1.71. The van der Waals surface area contributed by atoms with E-state index in [2.05, 4.69) is 4.98 Å². The molecule has 0 saturated carbocycles. The number of hydrogen-bond acceptors (Lipinski definition) is 5. The lowest BCUT2D eigenvalue weighted by molar-refractivity contribution is -0.132. The van der Waals surface area contributed by atoms with Crippen LogP contribution in [-0.4, -0.2) is 38.6 Å². The second-order valence-electron chi connectivity index (χ2n) is 7.18. The summed E-state index contributed by atoms with van der Waals surface area (Å²) in [6.07, 6.45) is 2.03. The molecule has 4 rings (SSSR count). The molecule has 2 heterocycles. The number of phenolic OH excluding ortho intramolecular Hbond substituents is 1. The van der Waals surface area contributed by atoms with Crippen LogP contribution in [-0.2, 0) is 17.8 Å². The Morgan fingerprint density at radius 2 is 1.93 bits per heavy atom. The van der Waals surface area contributed by atoms with Gasteiger partial charge in [0.25, 0.3) is 5.56 Å². The molecule has 1 atom stereocenters. The van der Waals surface area contributed by atoms with Gasteiger partial charge in [0.05, 0.1) is 6.33 Å². The van der Waals surface area contributed by atoms with Gasteiger partial charge < -0.3 is 14.4 Å². The third kappa shape index (κ3) is 3.59. The molecule has 0 unspecified atom stereocenters. The van der Waals surface area contributed by atoms with Crippen molar-refractivity contribution in [2.75, 3.05) is 7.05 Å². The van der Waals surface area contributed by atoms with Crippen molar-refractivity contribution in [3.8, 4) is 5.75 Å². The second kappa shape index (κ2) is 7.43. The molecule has 1 amide bonds. The van der Waals surface area contributed by atoms with Gasteiger partial charge in [-0.3, -0.25) is 14.2 Å². The van der Waals surface area contributed by atoms with E-state index in [1.165, 1.54) is 10.9 Å². The Bertz CT molecular complexity index is 1240. The molecule has 0 bridgehead atoms. The summed E-state index contributed by atoms with van der Waals surface area (Å²) < 4.78 is 6.94. The van der Waals surface area contributed by atoms with Crippen molar-refractivity contribution in [2.24, 2.45) is 0 Å². The SMILES string of the molecule is C[C@@H](Cc1ccc(O)cc1)N(C)C(=O)Cn1cnc2c(oc3ccccc32)c1=O. The average molecular weight is 391 g/mol. The van der Waals surface area contributed by atoms with Crippen LogP contribution in [0.3, 0.4) is 0 Å². The normalized spacial score (nSPS) is 12.3. The van der Waals surface area contributed by atoms with Gasteiger partial charge in [-0.2, -0.15) is 0 Å². The maximum absolute atomic E-state index is 12.8. The molecule has 148 valence electrons. The first-order valence-electron chi connectivity index (χ1n) is 9.34. The first-order valence-corrected chi connectivity index (χ1v) is 9.34. The van der Waals surface area contributed by atoms with Crippen LogP contribution in [0.1, 0.15) is 12.5 Å². The summed E-state index contributed by atoms with van der Waals surface area (Å²) in [5.41, 5.74) is 1.89. The number of aromatic hydroxyl groups is 1. The van der Waals surface area contributed by atoms with Crippen molar-refractivity contribution in [3.63, 3.8) is 0 Å². The number of para-hydroxylation sites is 1. The lowest BCUT2D eigenvalue weighted by Gasteiger charge is -2.25. The number of likely N-dealkylation sites (N-methyl/N-ethyl adjacent to an activating group) is 1. The number of aromatic nitrogens is 2. The van der Waals surface area contributed by atoms with Gasteiger partial charge in [0, 0.05) is 18.5 Å². The monoisotopic (exact) mass is 391 g/mol. The molecule has 4 aromatic rings. The molecular weight excluding hydrogens is 370 g/mol. The van der Waals surface area contributed by atoms with E-state index in [4.69, 9.17) is 4.42 Å². The van der Waals surface area contributed by atoms with Gasteiger partial charge in [0.15, 0.2) is 0 Å². The minimum atomic E-state index is -0.376. The van der Waals surface area contributed by atoms with Gasteiger partial charge in [-0.25, -0.2) is 4.98 Å². The number of nitrogens with zero attached hydrogens (tertiary/aromatic N) is 3. The third-order valence-electron chi connectivity index (χ3n) is 5.18. The van der Waals surface area contributed by atoms with Crippen molar-refractivity contribution in [3.05, 3.63) is 70.8 Å². The molecule has 7 heteroatoms. The number of benzene rings is 2. The van der Waals surface area contributed by atoms with Gasteiger partial charge in [-0.1, -0.05) is 24.3 Å². The molecule has 29 heavy (non-hydrogen) atoms. The van der Waals surface area contributed by atoms with E-state index in [9.17, 15) is 14.7 Å². The predicted molar refractivity (Wildman–Crippen MR) is 110 cm³/mol. The molecule has 0 saturated heterocycles. The van der Waals surface area contributed by atoms with Crippen LogP contribution in [0.2, 0.25) is 0 Å². The highest BCUT2D eigenvalue weighted by Crippen LogP contribution is 2.24. The van der Waals surface area contributed by atoms with Gasteiger partial charge in [-0.05, 0) is 43.2 Å². The maximum atomic E-state index is 12.8. The van der Waals surface area contributed by atoms with Crippen LogP contribution in [0.15, 0.2) is 64.1 Å². The molecule has 2 aromatic carbocycles. The van der Waals surface area contributed by atoms with Crippen LogP contribution >= 0.6 is 0 Å². The summed E-state index contributed by atoms with van der Waals surface area (Å²) >= 11 is 0. The highest BCUT2D eigenvalue weighted by atomic mass is 16.3. The molecule has 0 aliphatic rings. The number of rotatable bonds is 5. The topological polar surface area (TPSA) is 88.6 Å². The van der Waals surface area contributed by atoms with E-state index in [1.807, 2.05) is 37.3 Å². The average Bonchev–Trinajstić information content (AvgIpc) is 3.10. The summed E-state index contributed by atoms with van der Waals surface area (Å²) in [6, 6.07) is 14.1. The Labute approximate surface area is 166 Å². The van der Waals surface area contributed by atoms with E-state index in [1.54, 1.807) is 30.1 Å². The Hall–Kier alpha value is -3.61. The molecule has 0 fully saturated rings. The lowest BCUT2D eigenvalue weighted by Crippen LogP contribution is -2.40. The predicted octanol–water partition coefficient (Wildman–Crippen LogP) is 2.94. The quantitative estimate of drug-likeness (QED) is 0.565. The Morgan fingerprint density at radius 1 is 1.21 bits per heavy atom. The minimum absolute atomic E-state index is 0.0781. The number of fused-ring (bicyclic) bond motifs is 3. The highest BCUT2D eigenvalue weighted by molar-refractivity contribution is 6.01. The molecule has 0 radical (unpaired) electrons. The first-order chi connectivity index (χ1) is 13.9. The van der Waals surface area contributed by atoms with Crippen LogP contribution in [0.4, 0.5) is 0 Å². The number of furan rings is 1. The summed E-state index contributed by atoms with van der Waals surface area (Å²) in [5, 5.41) is 10.2. The molecule has 0 aliphatic carbocycles. The lowest BCUT2D eigenvalue weighted by atomic mass is 10.1. The van der Waals surface area contributed by atoms with Crippen LogP contribution in [0, 0.1) is 0 Å². The summed E-state index contributed by atoms with van der Waals surface area (Å²) in [6.45, 7) is 1.82. The number of carbonyl (C=O) groups is 1. The fourth-order valence-corrected chi connectivity index (χ4v) is 3.34. The van der Waals surface area contributed by atoms with Crippen LogP contribution in [0.5, 0.6) is 5.75 Å². The maximum Gasteiger partial charge on any atom is 0.297 e. The van der Waals surface area contributed by atoms with Crippen LogP contribution < -0.4 is 5.56 Å². The zero-order valence-electron chi connectivity index (χ0n) is 16.2. The van der Waals surface area contributed by atoms with Crippen molar-refractivity contribution in [1.82, 2.24) is 14.5 Å². The third-order valence-corrected chi connectivity index (χ3v) is 5.18. The molecule has 0 aliphatic heterocycles. The highest BCUT2D eigenvalue weighted by Gasteiger charge is 2.19. The summed E-state index contributed by atoms with van der Waals surface area (Å²) in [4.78, 5) is 31.5. The van der Waals surface area contributed by atoms with E-state index in [-0.39, 0.29) is 35.4 Å². The molecule has 0 spiro atoms. The van der Waals surface area contributed by atoms with Crippen molar-refractivity contribution in [2.45, 2.75) is 25.9 Å². The molecule has 2 aromatic heterocycles. The largest absolute Gasteiger partial charge is 0.508 e. The van der Waals surface area contributed by atoms with Crippen molar-refractivity contribution < 1.29 is 14.3 Å². The van der Waals surface area contributed by atoms with Gasteiger partial charge in [0.1, 0.15) is 23.4 Å². The second-order valence-corrected chi connectivity index (χ2v) is 7.18. The zero-order valence-corrected chi connectivity index (χ0v) is 16.2. The first kappa shape index (κ1) is 18.7. The van der Waals surface area contributed by atoms with Gasteiger partial charge in [-0.15, -0.1) is 0 Å². The number of amides is 1. The van der Waals surface area contributed by atoms with Gasteiger partial charge in [0.2, 0.25) is 11.5 Å². The zero-order chi connectivity index (χ0) is 20.5. The van der Waals surface area contributed by atoms with Crippen LogP contribution in [0.25, 0.3) is 22.1 Å². The molecule has 7 nitrogen and oxygen atoms in total. The van der Waals surface area contributed by atoms with E-state index in [0.717, 1.165) is 10.9 Å². The Kier molecular flexibility index (Phi) is 4.80. The number of hydrogen-bond donors (Lipinski definition) is 1. The van der Waals surface area contributed by atoms with E-state index >= 15 is 0 Å². The Morgan fingerprint density at radius 3 is 2.69 bits per heavy atom. The van der Waals surface area contributed by atoms with Gasteiger partial charge >= 0.3 is 0 Å². The summed E-state index contributed by atoms with van der Waals surface area (Å²) in [5.74, 6) is 0.00864. The fraction of sp³-hybridized carbons (Fsp3) is 0.227. The minimum Gasteiger partial charge on any atom is -0.508 e. The Balaban J connectivity index is 1.53. The van der Waals surface area contributed by atoms with E-state index in [0.29, 0.717) is 17.5 Å². The molecule has 1 N–H and O–H groups in total.